The summed E-state index contributed by atoms with van der Waals surface area (Å²) in [5.74, 6) is 1.25. The van der Waals surface area contributed by atoms with E-state index < -0.39 is 0 Å². The van der Waals surface area contributed by atoms with Crippen LogP contribution in [0.25, 0.3) is 10.2 Å². The Morgan fingerprint density at radius 2 is 2.33 bits per heavy atom. The fourth-order valence-corrected chi connectivity index (χ4v) is 4.24. The van der Waals surface area contributed by atoms with Crippen LogP contribution in [0, 0.1) is 0 Å². The highest BCUT2D eigenvalue weighted by Gasteiger charge is 2.27. The van der Waals surface area contributed by atoms with Crippen molar-refractivity contribution in [3.8, 4) is 0 Å². The highest BCUT2D eigenvalue weighted by molar-refractivity contribution is 7.99. The first-order valence-corrected chi connectivity index (χ1v) is 8.24. The van der Waals surface area contributed by atoms with E-state index in [1.54, 1.807) is 11.3 Å². The van der Waals surface area contributed by atoms with E-state index in [9.17, 15) is 0 Å². The van der Waals surface area contributed by atoms with Crippen molar-refractivity contribution in [2.45, 2.75) is 30.6 Å². The third-order valence-electron chi connectivity index (χ3n) is 3.42. The van der Waals surface area contributed by atoms with Crippen LogP contribution in [0.5, 0.6) is 0 Å². The Balaban J connectivity index is 1.92. The lowest BCUT2D eigenvalue weighted by molar-refractivity contribution is 0.765. The number of aromatic nitrogens is 2. The van der Waals surface area contributed by atoms with E-state index in [-0.39, 0.29) is 0 Å². The van der Waals surface area contributed by atoms with Gasteiger partial charge in [-0.2, -0.15) is 16.7 Å². The number of fused-ring (bicyclic) bond motifs is 1. The van der Waals surface area contributed by atoms with Crippen LogP contribution >= 0.6 is 23.1 Å². The van der Waals surface area contributed by atoms with Gasteiger partial charge in [-0.15, -0.1) is 11.3 Å². The van der Waals surface area contributed by atoms with Gasteiger partial charge in [-0.1, -0.05) is 6.42 Å². The lowest BCUT2D eigenvalue weighted by Gasteiger charge is -2.20. The number of nitrogens with one attached hydrogen (secondary N) is 1. The quantitative estimate of drug-likeness (QED) is 0.905. The van der Waals surface area contributed by atoms with Crippen molar-refractivity contribution in [1.29, 1.82) is 0 Å². The highest BCUT2D eigenvalue weighted by Crippen LogP contribution is 2.33. The summed E-state index contributed by atoms with van der Waals surface area (Å²) in [7, 11) is 0. The maximum atomic E-state index is 5.76. The van der Waals surface area contributed by atoms with Crippen LogP contribution in [0.4, 0.5) is 11.8 Å². The molecule has 0 aromatic carbocycles. The van der Waals surface area contributed by atoms with E-state index in [4.69, 9.17) is 5.73 Å². The molecule has 4 nitrogen and oxygen atoms in total. The van der Waals surface area contributed by atoms with Crippen LogP contribution in [0.3, 0.4) is 0 Å². The number of thiophene rings is 1. The molecule has 1 aliphatic carbocycles. The summed E-state index contributed by atoms with van der Waals surface area (Å²) in [5, 5.41) is 7.36. The van der Waals surface area contributed by atoms with Crippen LogP contribution < -0.4 is 11.1 Å². The van der Waals surface area contributed by atoms with Crippen molar-refractivity contribution in [2.75, 3.05) is 17.3 Å². The zero-order valence-electron chi connectivity index (χ0n) is 10.2. The third-order valence-corrected chi connectivity index (χ3v) is 5.40. The zero-order chi connectivity index (χ0) is 12.5. The fourth-order valence-electron chi connectivity index (χ4n) is 2.53. The van der Waals surface area contributed by atoms with Crippen LogP contribution in [0.2, 0.25) is 0 Å². The molecule has 18 heavy (non-hydrogen) atoms. The molecule has 0 bridgehead atoms. The molecule has 6 heteroatoms. The highest BCUT2D eigenvalue weighted by atomic mass is 32.2. The van der Waals surface area contributed by atoms with Gasteiger partial charge in [-0.25, -0.2) is 4.98 Å². The molecule has 3 rings (SSSR count). The monoisotopic (exact) mass is 280 g/mol. The van der Waals surface area contributed by atoms with E-state index in [1.807, 2.05) is 17.1 Å². The SMILES string of the molecule is CSC1CCCC1Nc1nc(N)nc2sccc12. The van der Waals surface area contributed by atoms with Crippen molar-refractivity contribution in [2.24, 2.45) is 0 Å². The van der Waals surface area contributed by atoms with Gasteiger partial charge in [0.05, 0.1) is 5.39 Å². The molecule has 1 fully saturated rings. The molecule has 2 heterocycles. The maximum Gasteiger partial charge on any atom is 0.223 e. The van der Waals surface area contributed by atoms with E-state index in [0.717, 1.165) is 16.0 Å². The molecular weight excluding hydrogens is 264 g/mol. The predicted octanol–water partition coefficient (Wildman–Crippen LogP) is 2.97. The van der Waals surface area contributed by atoms with Gasteiger partial charge in [0.15, 0.2) is 0 Å². The second kappa shape index (κ2) is 4.93. The minimum Gasteiger partial charge on any atom is -0.368 e. The average molecular weight is 280 g/mol. The molecule has 0 saturated heterocycles. The Hall–Kier alpha value is -1.01. The molecule has 2 aromatic heterocycles. The first-order valence-electron chi connectivity index (χ1n) is 6.08. The van der Waals surface area contributed by atoms with Gasteiger partial charge in [0.1, 0.15) is 10.6 Å². The van der Waals surface area contributed by atoms with Gasteiger partial charge < -0.3 is 11.1 Å². The summed E-state index contributed by atoms with van der Waals surface area (Å²) < 4.78 is 0. The molecule has 2 aromatic rings. The third kappa shape index (κ3) is 2.14. The van der Waals surface area contributed by atoms with Gasteiger partial charge >= 0.3 is 0 Å². The smallest absolute Gasteiger partial charge is 0.223 e. The van der Waals surface area contributed by atoms with Crippen molar-refractivity contribution in [3.05, 3.63) is 11.4 Å². The number of nitrogens with zero attached hydrogens (tertiary/aromatic N) is 2. The number of thioether (sulfide) groups is 1. The molecule has 2 atom stereocenters. The van der Waals surface area contributed by atoms with Crippen molar-refractivity contribution in [3.63, 3.8) is 0 Å². The number of hydrogen-bond donors (Lipinski definition) is 2. The van der Waals surface area contributed by atoms with Crippen LogP contribution in [-0.4, -0.2) is 27.5 Å². The average Bonchev–Trinajstić information content (AvgIpc) is 2.96. The van der Waals surface area contributed by atoms with Crippen LogP contribution in [0.15, 0.2) is 11.4 Å². The normalized spacial score (nSPS) is 23.6. The van der Waals surface area contributed by atoms with Gasteiger partial charge in [-0.3, -0.25) is 0 Å². The number of nitrogen functional groups attached to an aromatic ring is 1. The van der Waals surface area contributed by atoms with Gasteiger partial charge in [-0.05, 0) is 30.5 Å². The summed E-state index contributed by atoms with van der Waals surface area (Å²) in [4.78, 5) is 9.57. The first kappa shape index (κ1) is 12.0. The summed E-state index contributed by atoms with van der Waals surface area (Å²) in [5.41, 5.74) is 5.76. The fraction of sp³-hybridized carbons (Fsp3) is 0.500. The first-order chi connectivity index (χ1) is 8.78. The van der Waals surface area contributed by atoms with Crippen molar-refractivity contribution >= 4 is 45.1 Å². The summed E-state index contributed by atoms with van der Waals surface area (Å²) in [6, 6.07) is 2.56. The number of hydrogen-bond acceptors (Lipinski definition) is 6. The number of rotatable bonds is 3. The molecule has 96 valence electrons. The summed E-state index contributed by atoms with van der Waals surface area (Å²) in [6.45, 7) is 0. The topological polar surface area (TPSA) is 63.8 Å². The standard InChI is InChI=1S/C12H16N4S2/c1-17-9-4-2-3-8(9)14-10-7-5-6-18-11(7)16-12(13)15-10/h5-6,8-9H,2-4H2,1H3,(H3,13,14,15,16). The van der Waals surface area contributed by atoms with Crippen molar-refractivity contribution in [1.82, 2.24) is 9.97 Å². The lowest BCUT2D eigenvalue weighted by atomic mass is 10.2. The van der Waals surface area contributed by atoms with E-state index in [0.29, 0.717) is 17.2 Å². The molecule has 1 saturated carbocycles. The number of anilines is 2. The van der Waals surface area contributed by atoms with E-state index in [1.165, 1.54) is 19.3 Å². The largest absolute Gasteiger partial charge is 0.368 e. The molecule has 3 N–H and O–H groups in total. The zero-order valence-corrected chi connectivity index (χ0v) is 11.9. The molecule has 0 radical (unpaired) electrons. The van der Waals surface area contributed by atoms with Crippen LogP contribution in [0.1, 0.15) is 19.3 Å². The molecule has 0 aliphatic heterocycles. The molecule has 1 aliphatic rings. The van der Waals surface area contributed by atoms with Gasteiger partial charge in [0.2, 0.25) is 5.95 Å². The Bertz CT molecular complexity index is 554. The summed E-state index contributed by atoms with van der Waals surface area (Å²) in [6.07, 6.45) is 5.96. The maximum absolute atomic E-state index is 5.76. The van der Waals surface area contributed by atoms with E-state index >= 15 is 0 Å². The van der Waals surface area contributed by atoms with E-state index in [2.05, 4.69) is 27.6 Å². The Labute approximate surface area is 114 Å². The Morgan fingerprint density at radius 1 is 1.44 bits per heavy atom. The van der Waals surface area contributed by atoms with Gasteiger partial charge in [0, 0.05) is 11.3 Å². The lowest BCUT2D eigenvalue weighted by Crippen LogP contribution is -2.26. The Morgan fingerprint density at radius 3 is 3.17 bits per heavy atom. The van der Waals surface area contributed by atoms with Crippen LogP contribution in [-0.2, 0) is 0 Å². The summed E-state index contributed by atoms with van der Waals surface area (Å²) >= 11 is 3.54. The van der Waals surface area contributed by atoms with Gasteiger partial charge in [0.25, 0.3) is 0 Å². The minimum absolute atomic E-state index is 0.353. The minimum atomic E-state index is 0.353. The number of nitrogens with two attached hydrogens (primary N) is 1. The molecule has 0 spiro atoms. The predicted molar refractivity (Wildman–Crippen MR) is 80.4 cm³/mol. The second-order valence-electron chi connectivity index (χ2n) is 4.53. The molecule has 0 amide bonds. The van der Waals surface area contributed by atoms with Crippen molar-refractivity contribution < 1.29 is 0 Å². The molecular formula is C12H16N4S2. The second-order valence-corrected chi connectivity index (χ2v) is 6.50. The Kier molecular flexibility index (Phi) is 3.30. The molecule has 2 unspecified atom stereocenters.